The van der Waals surface area contributed by atoms with E-state index < -0.39 is 0 Å². The van der Waals surface area contributed by atoms with Gasteiger partial charge in [-0.05, 0) is 25.5 Å². The Kier molecular flexibility index (Phi) is 5.14. The standard InChI is InChI=1S/C14H19N5O2/c1-2-21-13-11(5-3-6-12(13)15)14(20)16-7-4-9-19-10-8-17-18-19/h3,5-6,8,10H,2,4,7,9,15H2,1H3,(H,16,20). The third-order valence-corrected chi connectivity index (χ3v) is 2.90. The van der Waals surface area contributed by atoms with Crippen LogP contribution in [-0.2, 0) is 6.54 Å². The first kappa shape index (κ1) is 14.8. The van der Waals surface area contributed by atoms with Gasteiger partial charge in [0, 0.05) is 19.3 Å². The second-order valence-corrected chi connectivity index (χ2v) is 4.43. The maximum Gasteiger partial charge on any atom is 0.255 e. The lowest BCUT2D eigenvalue weighted by molar-refractivity contribution is 0.0949. The van der Waals surface area contributed by atoms with E-state index in [4.69, 9.17) is 10.5 Å². The van der Waals surface area contributed by atoms with Gasteiger partial charge < -0.3 is 15.8 Å². The number of ether oxygens (including phenoxy) is 1. The summed E-state index contributed by atoms with van der Waals surface area (Å²) in [7, 11) is 0. The molecule has 0 bridgehead atoms. The molecule has 1 aromatic carbocycles. The molecular formula is C14H19N5O2. The Morgan fingerprint density at radius 3 is 3.05 bits per heavy atom. The molecule has 2 rings (SSSR count). The lowest BCUT2D eigenvalue weighted by atomic mass is 10.1. The number of nitrogen functional groups attached to an aromatic ring is 1. The number of carbonyl (C=O) groups excluding carboxylic acids is 1. The van der Waals surface area contributed by atoms with Crippen LogP contribution >= 0.6 is 0 Å². The minimum atomic E-state index is -0.190. The molecule has 0 radical (unpaired) electrons. The van der Waals surface area contributed by atoms with Gasteiger partial charge in [-0.3, -0.25) is 9.48 Å². The van der Waals surface area contributed by atoms with Gasteiger partial charge in [0.1, 0.15) is 0 Å². The predicted octanol–water partition coefficient (Wildman–Crippen LogP) is 1.08. The first-order valence-electron chi connectivity index (χ1n) is 6.86. The smallest absolute Gasteiger partial charge is 0.255 e. The summed E-state index contributed by atoms with van der Waals surface area (Å²) in [4.78, 5) is 12.2. The second-order valence-electron chi connectivity index (χ2n) is 4.43. The molecule has 7 heteroatoms. The largest absolute Gasteiger partial charge is 0.491 e. The molecule has 0 atom stereocenters. The number of hydrogen-bond acceptors (Lipinski definition) is 5. The Balaban J connectivity index is 1.89. The number of benzene rings is 1. The van der Waals surface area contributed by atoms with Crippen molar-refractivity contribution in [2.75, 3.05) is 18.9 Å². The van der Waals surface area contributed by atoms with Gasteiger partial charge in [0.25, 0.3) is 5.91 Å². The van der Waals surface area contributed by atoms with Crippen molar-refractivity contribution in [3.8, 4) is 5.75 Å². The Morgan fingerprint density at radius 2 is 2.33 bits per heavy atom. The van der Waals surface area contributed by atoms with Crippen LogP contribution in [0.5, 0.6) is 5.75 Å². The van der Waals surface area contributed by atoms with Gasteiger partial charge in [0.2, 0.25) is 0 Å². The summed E-state index contributed by atoms with van der Waals surface area (Å²) in [6, 6.07) is 5.16. The minimum Gasteiger partial charge on any atom is -0.491 e. The molecule has 0 aliphatic heterocycles. The molecule has 0 aliphatic rings. The van der Waals surface area contributed by atoms with E-state index >= 15 is 0 Å². The number of nitrogens with one attached hydrogen (secondary N) is 1. The number of aryl methyl sites for hydroxylation is 1. The van der Waals surface area contributed by atoms with E-state index in [-0.39, 0.29) is 5.91 Å². The number of anilines is 1. The summed E-state index contributed by atoms with van der Waals surface area (Å²) in [5.74, 6) is 0.248. The number of aromatic nitrogens is 3. The molecule has 0 saturated heterocycles. The summed E-state index contributed by atoms with van der Waals surface area (Å²) in [5, 5.41) is 10.4. The number of para-hydroxylation sites is 1. The molecule has 1 heterocycles. The number of amides is 1. The van der Waals surface area contributed by atoms with E-state index in [1.54, 1.807) is 35.3 Å². The fourth-order valence-electron chi connectivity index (χ4n) is 1.93. The Hall–Kier alpha value is -2.57. The summed E-state index contributed by atoms with van der Waals surface area (Å²) in [5.41, 5.74) is 6.76. The van der Waals surface area contributed by atoms with Gasteiger partial charge in [0.05, 0.1) is 24.1 Å². The van der Waals surface area contributed by atoms with Crippen LogP contribution in [0.1, 0.15) is 23.7 Å². The quantitative estimate of drug-likeness (QED) is 0.587. The fraction of sp³-hybridized carbons (Fsp3) is 0.357. The molecule has 1 amide bonds. The van der Waals surface area contributed by atoms with Crippen molar-refractivity contribution in [3.63, 3.8) is 0 Å². The van der Waals surface area contributed by atoms with Crippen LogP contribution in [0.15, 0.2) is 30.6 Å². The second kappa shape index (κ2) is 7.28. The summed E-state index contributed by atoms with van der Waals surface area (Å²) < 4.78 is 7.17. The monoisotopic (exact) mass is 289 g/mol. The van der Waals surface area contributed by atoms with Crippen LogP contribution in [-0.4, -0.2) is 34.1 Å². The molecule has 0 fully saturated rings. The third kappa shape index (κ3) is 3.95. The van der Waals surface area contributed by atoms with E-state index in [0.717, 1.165) is 6.42 Å². The maximum absolute atomic E-state index is 12.2. The molecule has 21 heavy (non-hydrogen) atoms. The zero-order valence-electron chi connectivity index (χ0n) is 12.0. The van der Waals surface area contributed by atoms with Gasteiger partial charge in [-0.2, -0.15) is 0 Å². The van der Waals surface area contributed by atoms with Gasteiger partial charge in [-0.1, -0.05) is 11.3 Å². The lowest BCUT2D eigenvalue weighted by Gasteiger charge is -2.12. The summed E-state index contributed by atoms with van der Waals surface area (Å²) >= 11 is 0. The van der Waals surface area contributed by atoms with Crippen LogP contribution < -0.4 is 15.8 Å². The van der Waals surface area contributed by atoms with Crippen molar-refractivity contribution in [2.45, 2.75) is 19.9 Å². The fourth-order valence-corrected chi connectivity index (χ4v) is 1.93. The van der Waals surface area contributed by atoms with E-state index in [1.807, 2.05) is 6.92 Å². The maximum atomic E-state index is 12.2. The van der Waals surface area contributed by atoms with Crippen molar-refractivity contribution in [3.05, 3.63) is 36.2 Å². The number of nitrogens with two attached hydrogens (primary N) is 1. The van der Waals surface area contributed by atoms with Gasteiger partial charge in [0.15, 0.2) is 5.75 Å². The normalized spacial score (nSPS) is 10.3. The van der Waals surface area contributed by atoms with Gasteiger partial charge in [-0.25, -0.2) is 0 Å². The lowest BCUT2D eigenvalue weighted by Crippen LogP contribution is -2.26. The number of nitrogens with zero attached hydrogens (tertiary/aromatic N) is 3. The van der Waals surface area contributed by atoms with Crippen LogP contribution in [0.3, 0.4) is 0 Å². The Morgan fingerprint density at radius 1 is 1.48 bits per heavy atom. The molecule has 2 aromatic rings. The van der Waals surface area contributed by atoms with Crippen molar-refractivity contribution in [1.29, 1.82) is 0 Å². The topological polar surface area (TPSA) is 95.1 Å². The van der Waals surface area contributed by atoms with Gasteiger partial charge in [-0.15, -0.1) is 5.10 Å². The third-order valence-electron chi connectivity index (χ3n) is 2.90. The molecule has 7 nitrogen and oxygen atoms in total. The number of rotatable bonds is 7. The molecule has 0 spiro atoms. The van der Waals surface area contributed by atoms with Crippen LogP contribution in [0.2, 0.25) is 0 Å². The molecule has 0 saturated carbocycles. The van der Waals surface area contributed by atoms with Crippen molar-refractivity contribution < 1.29 is 9.53 Å². The van der Waals surface area contributed by atoms with E-state index in [0.29, 0.717) is 36.7 Å². The highest BCUT2D eigenvalue weighted by molar-refractivity contribution is 5.98. The molecule has 112 valence electrons. The average Bonchev–Trinajstić information content (AvgIpc) is 2.99. The van der Waals surface area contributed by atoms with E-state index in [2.05, 4.69) is 15.6 Å². The van der Waals surface area contributed by atoms with Crippen LogP contribution in [0, 0.1) is 0 Å². The van der Waals surface area contributed by atoms with Crippen molar-refractivity contribution in [1.82, 2.24) is 20.3 Å². The average molecular weight is 289 g/mol. The first-order valence-corrected chi connectivity index (χ1v) is 6.86. The highest BCUT2D eigenvalue weighted by Gasteiger charge is 2.14. The number of hydrogen-bond donors (Lipinski definition) is 2. The minimum absolute atomic E-state index is 0.190. The van der Waals surface area contributed by atoms with E-state index in [9.17, 15) is 4.79 Å². The Labute approximate surface area is 123 Å². The SMILES string of the molecule is CCOc1c(N)cccc1C(=O)NCCCn1ccnn1. The molecule has 0 unspecified atom stereocenters. The zero-order chi connectivity index (χ0) is 15.1. The molecule has 0 aliphatic carbocycles. The predicted molar refractivity (Wildman–Crippen MR) is 79.0 cm³/mol. The highest BCUT2D eigenvalue weighted by atomic mass is 16.5. The summed E-state index contributed by atoms with van der Waals surface area (Å²) in [6.07, 6.45) is 4.17. The van der Waals surface area contributed by atoms with Gasteiger partial charge >= 0.3 is 0 Å². The molecule has 1 aromatic heterocycles. The van der Waals surface area contributed by atoms with Crippen molar-refractivity contribution >= 4 is 11.6 Å². The van der Waals surface area contributed by atoms with Crippen LogP contribution in [0.25, 0.3) is 0 Å². The Bertz CT molecular complexity index is 583. The molecular weight excluding hydrogens is 270 g/mol. The van der Waals surface area contributed by atoms with Crippen LogP contribution in [0.4, 0.5) is 5.69 Å². The van der Waals surface area contributed by atoms with Crippen molar-refractivity contribution in [2.24, 2.45) is 0 Å². The zero-order valence-corrected chi connectivity index (χ0v) is 12.0. The molecule has 3 N–H and O–H groups in total. The summed E-state index contributed by atoms with van der Waals surface area (Å²) in [6.45, 7) is 3.56. The highest BCUT2D eigenvalue weighted by Crippen LogP contribution is 2.26. The number of carbonyl (C=O) groups is 1. The first-order chi connectivity index (χ1) is 10.2. The van der Waals surface area contributed by atoms with E-state index in [1.165, 1.54) is 0 Å².